The van der Waals surface area contributed by atoms with Crippen molar-refractivity contribution in [1.82, 2.24) is 58.6 Å². The Hall–Kier alpha value is -17.4. The summed E-state index contributed by atoms with van der Waals surface area (Å²) in [7, 11) is 0. The van der Waals surface area contributed by atoms with E-state index >= 15 is 0 Å². The van der Waals surface area contributed by atoms with E-state index in [0.717, 1.165) is 181 Å². The van der Waals surface area contributed by atoms with Crippen LogP contribution in [0.1, 0.15) is 0 Å². The van der Waals surface area contributed by atoms with Crippen LogP contribution < -0.4 is 0 Å². The summed E-state index contributed by atoms with van der Waals surface area (Å²) in [6.07, 6.45) is 0. The monoisotopic (exact) mass is 1620 g/mol. The molecule has 590 valence electrons. The lowest BCUT2D eigenvalue weighted by Crippen LogP contribution is -2.06. The van der Waals surface area contributed by atoms with Gasteiger partial charge >= 0.3 is 0 Å². The highest BCUT2D eigenvalue weighted by Crippen LogP contribution is 2.41. The van der Waals surface area contributed by atoms with E-state index in [1.807, 2.05) is 127 Å². The third-order valence-corrected chi connectivity index (χ3v) is 23.6. The minimum absolute atomic E-state index is 0.567. The molecule has 17 aromatic carbocycles. The van der Waals surface area contributed by atoms with Crippen molar-refractivity contribution in [2.45, 2.75) is 0 Å². The molecule has 0 aliphatic rings. The van der Waals surface area contributed by atoms with Gasteiger partial charge in [-0.2, -0.15) is 29.9 Å². The Bertz CT molecular complexity index is 8590. The van der Waals surface area contributed by atoms with E-state index < -0.39 is 0 Å². The fraction of sp³-hybridized carbons (Fsp3) is 0. The van der Waals surface area contributed by atoms with Gasteiger partial charge in [-0.1, -0.05) is 315 Å². The fourth-order valence-corrected chi connectivity index (χ4v) is 17.7. The predicted octanol–water partition coefficient (Wildman–Crippen LogP) is 27.9. The molecule has 0 saturated carbocycles. The summed E-state index contributed by atoms with van der Waals surface area (Å²) in [6.45, 7) is 0. The van der Waals surface area contributed by atoms with Crippen molar-refractivity contribution in [3.05, 3.63) is 413 Å². The smallest absolute Gasteiger partial charge is 0.238 e. The van der Waals surface area contributed by atoms with Crippen LogP contribution in [0, 0.1) is 0 Å². The molecule has 15 heteroatoms. The van der Waals surface area contributed by atoms with Gasteiger partial charge in [-0.05, 0) is 119 Å². The number of aromatic nitrogens is 12. The van der Waals surface area contributed by atoms with Crippen molar-refractivity contribution in [3.8, 4) is 108 Å². The SMILES string of the molecule is c1ccc(-c2ccc(-c3nc(-c4ccc5c(c4)oc4ccccc45)nc(-n4c5ccccc5c5ccccc54)n3)cc2)cc1.c1ccc(-c2cccc(-c3nc(-c4ccc5c(c4)oc4ccccc45)nc(-n4c5ccccc5c5ccccc54)n3)c2)cc1.c1ccc(-c2nc(-c3ccc4c(c3)oc3ccccc34)nc(-n3c4ccccc4c4ccccc43)n2)cc1. The molecule has 26 rings (SSSR count). The molecular weight excluding hydrogens is 1550 g/mol. The van der Waals surface area contributed by atoms with Crippen LogP contribution in [0.3, 0.4) is 0 Å². The zero-order valence-electron chi connectivity index (χ0n) is 67.4. The lowest BCUT2D eigenvalue weighted by atomic mass is 10.0. The van der Waals surface area contributed by atoms with E-state index in [4.69, 9.17) is 58.1 Å². The minimum Gasteiger partial charge on any atom is -0.456 e. The summed E-state index contributed by atoms with van der Waals surface area (Å²) >= 11 is 0. The van der Waals surface area contributed by atoms with Crippen LogP contribution in [0.5, 0.6) is 0 Å². The second kappa shape index (κ2) is 30.4. The number of furan rings is 3. The Morgan fingerprint density at radius 3 is 0.667 bits per heavy atom. The third-order valence-electron chi connectivity index (χ3n) is 23.6. The first-order valence-corrected chi connectivity index (χ1v) is 41.8. The predicted molar refractivity (Wildman–Crippen MR) is 508 cm³/mol. The number of hydrogen-bond donors (Lipinski definition) is 0. The van der Waals surface area contributed by atoms with E-state index in [2.05, 4.69) is 299 Å². The normalized spacial score (nSPS) is 11.7. The number of nitrogens with zero attached hydrogens (tertiary/aromatic N) is 12. The highest BCUT2D eigenvalue weighted by molar-refractivity contribution is 6.13. The maximum atomic E-state index is 6.24. The van der Waals surface area contributed by atoms with Crippen molar-refractivity contribution < 1.29 is 13.3 Å². The van der Waals surface area contributed by atoms with Gasteiger partial charge in [0.2, 0.25) is 17.8 Å². The van der Waals surface area contributed by atoms with Crippen LogP contribution in [0.15, 0.2) is 426 Å². The van der Waals surface area contributed by atoms with Gasteiger partial charge in [0, 0.05) is 98.0 Å². The molecule has 0 aliphatic heterocycles. The second-order valence-corrected chi connectivity index (χ2v) is 31.1. The Morgan fingerprint density at radius 2 is 0.341 bits per heavy atom. The average Bonchev–Trinajstić information content (AvgIpc) is 1.57. The first kappa shape index (κ1) is 72.6. The molecule has 9 aromatic heterocycles. The molecule has 0 saturated heterocycles. The molecule has 15 nitrogen and oxygen atoms in total. The highest BCUT2D eigenvalue weighted by atomic mass is 16.3. The summed E-state index contributed by atoms with van der Waals surface area (Å²) in [5.41, 5.74) is 21.2. The molecule has 0 amide bonds. The van der Waals surface area contributed by atoms with E-state index in [1.54, 1.807) is 0 Å². The van der Waals surface area contributed by atoms with Crippen LogP contribution in [0.2, 0.25) is 0 Å². The van der Waals surface area contributed by atoms with Gasteiger partial charge in [-0.15, -0.1) is 0 Å². The zero-order chi connectivity index (χ0) is 83.1. The van der Waals surface area contributed by atoms with Gasteiger partial charge in [0.05, 0.1) is 33.1 Å². The largest absolute Gasteiger partial charge is 0.456 e. The summed E-state index contributed by atoms with van der Waals surface area (Å²) < 4.78 is 25.0. The molecule has 0 spiro atoms. The molecule has 0 aliphatic carbocycles. The zero-order valence-corrected chi connectivity index (χ0v) is 67.4. The summed E-state index contributed by atoms with van der Waals surface area (Å²) in [5, 5.41) is 13.4. The molecule has 26 aromatic rings. The summed E-state index contributed by atoms with van der Waals surface area (Å²) in [5.74, 6) is 5.31. The van der Waals surface area contributed by atoms with E-state index in [0.29, 0.717) is 52.8 Å². The van der Waals surface area contributed by atoms with Crippen molar-refractivity contribution in [2.24, 2.45) is 0 Å². The van der Waals surface area contributed by atoms with Crippen molar-refractivity contribution in [3.63, 3.8) is 0 Å². The molecular formula is C111H68N12O3. The molecule has 0 atom stereocenters. The molecule has 126 heavy (non-hydrogen) atoms. The fourth-order valence-electron chi connectivity index (χ4n) is 17.7. The quantitative estimate of drug-likeness (QED) is 0.120. The van der Waals surface area contributed by atoms with Crippen molar-refractivity contribution >= 4 is 131 Å². The van der Waals surface area contributed by atoms with Gasteiger partial charge in [0.1, 0.15) is 33.5 Å². The maximum absolute atomic E-state index is 6.24. The number of fused-ring (bicyclic) bond motifs is 18. The van der Waals surface area contributed by atoms with Gasteiger partial charge in [0.25, 0.3) is 0 Å². The van der Waals surface area contributed by atoms with Crippen LogP contribution >= 0.6 is 0 Å². The van der Waals surface area contributed by atoms with Crippen molar-refractivity contribution in [2.75, 3.05) is 0 Å². The van der Waals surface area contributed by atoms with Gasteiger partial charge in [0.15, 0.2) is 34.9 Å². The Kier molecular flexibility index (Phi) is 17.5. The molecule has 0 unspecified atom stereocenters. The van der Waals surface area contributed by atoms with E-state index in [9.17, 15) is 0 Å². The topological polar surface area (TPSA) is 170 Å². The van der Waals surface area contributed by atoms with Crippen LogP contribution in [-0.4, -0.2) is 58.6 Å². The third kappa shape index (κ3) is 12.8. The number of rotatable bonds is 11. The molecule has 0 radical (unpaired) electrons. The molecule has 0 N–H and O–H groups in total. The van der Waals surface area contributed by atoms with Gasteiger partial charge < -0.3 is 13.3 Å². The lowest BCUT2D eigenvalue weighted by molar-refractivity contribution is 0.668. The Morgan fingerprint density at radius 1 is 0.135 bits per heavy atom. The average molecular weight is 1620 g/mol. The van der Waals surface area contributed by atoms with Gasteiger partial charge in [-0.3, -0.25) is 13.7 Å². The first-order valence-electron chi connectivity index (χ1n) is 41.8. The molecule has 9 heterocycles. The van der Waals surface area contributed by atoms with Crippen molar-refractivity contribution in [1.29, 1.82) is 0 Å². The van der Waals surface area contributed by atoms with E-state index in [-0.39, 0.29) is 0 Å². The highest BCUT2D eigenvalue weighted by Gasteiger charge is 2.24. The summed E-state index contributed by atoms with van der Waals surface area (Å²) in [4.78, 5) is 45.5. The van der Waals surface area contributed by atoms with Crippen LogP contribution in [0.4, 0.5) is 0 Å². The summed E-state index contributed by atoms with van der Waals surface area (Å²) in [6, 6.07) is 141. The van der Waals surface area contributed by atoms with Crippen LogP contribution in [-0.2, 0) is 0 Å². The van der Waals surface area contributed by atoms with Crippen LogP contribution in [0.25, 0.3) is 240 Å². The Balaban J connectivity index is 0.000000106. The number of para-hydroxylation sites is 9. The first-order chi connectivity index (χ1) is 62.4. The number of benzene rings is 17. The van der Waals surface area contributed by atoms with Gasteiger partial charge in [-0.25, -0.2) is 15.0 Å². The van der Waals surface area contributed by atoms with E-state index in [1.165, 1.54) is 5.56 Å². The molecule has 0 fully saturated rings. The standard InChI is InChI=1S/2C39H24N4O.C33H20N4O/c1-2-11-25(12-3-1)26-13-10-14-27(23-26)37-40-38(28-21-22-32-31-17-6-9-20-35(31)44-36(32)24-28)42-39(41-37)43-33-18-7-4-15-29(33)30-16-5-8-19-34(30)43;1-2-10-25(11-3-1)26-18-20-27(21-19-26)37-40-38(28-22-23-32-31-14-6-9-17-35(31)44-36(32)24-28)42-39(41-37)43-33-15-7-4-12-29(33)30-13-5-8-16-34(30)43;1-2-10-21(11-3-1)31-34-32(22-18-19-26-25-14-6-9-17-29(25)38-30(26)20-22)36-33(35-31)37-27-15-7-4-12-23(27)24-13-5-8-16-28(24)37/h2*1-24H;1-20H. The number of hydrogen-bond acceptors (Lipinski definition) is 12. The second-order valence-electron chi connectivity index (χ2n) is 31.1. The minimum atomic E-state index is 0.567. The maximum Gasteiger partial charge on any atom is 0.238 e. The Labute approximate surface area is 719 Å². The molecule has 0 bridgehead atoms. The lowest BCUT2D eigenvalue weighted by Gasteiger charge is -2.11.